The number of nitrogens with zero attached hydrogens (tertiary/aromatic N) is 3. The van der Waals surface area contributed by atoms with Crippen LogP contribution in [0.5, 0.6) is 0 Å². The van der Waals surface area contributed by atoms with E-state index < -0.39 is 16.2 Å². The van der Waals surface area contributed by atoms with Crippen LogP contribution in [0, 0.1) is 10.1 Å². The first-order chi connectivity index (χ1) is 9.49. The van der Waals surface area contributed by atoms with Gasteiger partial charge in [0.2, 0.25) is 0 Å². The van der Waals surface area contributed by atoms with Crippen molar-refractivity contribution in [3.8, 4) is 0 Å². The highest BCUT2D eigenvalue weighted by Crippen LogP contribution is 2.32. The number of para-hydroxylation sites is 1. The Morgan fingerprint density at radius 2 is 2.05 bits per heavy atom. The minimum Gasteiger partial charge on any atom is -0.395 e. The molecule has 1 aromatic heterocycles. The fourth-order valence-electron chi connectivity index (χ4n) is 2.28. The molecule has 106 valence electrons. The summed E-state index contributed by atoms with van der Waals surface area (Å²) < 4.78 is 1.27. The zero-order chi connectivity index (χ0) is 14.9. The topological polar surface area (TPSA) is 88.6 Å². The van der Waals surface area contributed by atoms with Crippen molar-refractivity contribution < 1.29 is 10.0 Å². The van der Waals surface area contributed by atoms with E-state index in [-0.39, 0.29) is 18.8 Å². The molecule has 1 heterocycles. The molecular formula is C13H15N3O4. The average Bonchev–Trinajstić information content (AvgIpc) is 2.42. The molecule has 0 aliphatic carbocycles. The Hall–Kier alpha value is -2.41. The molecule has 0 spiro atoms. The van der Waals surface area contributed by atoms with Crippen LogP contribution in [-0.4, -0.2) is 34.8 Å². The standard InChI is InChI=1S/C13H15N3O4/c1-14(7-8-17)11-9-5-3-4-6-10(9)15(2)13(18)12(11)16(19)20/h3-6,17H,7-8H2,1-2H3. The third-order valence-corrected chi connectivity index (χ3v) is 3.25. The van der Waals surface area contributed by atoms with Crippen molar-refractivity contribution in [2.75, 3.05) is 25.1 Å². The Morgan fingerprint density at radius 1 is 1.40 bits per heavy atom. The molecule has 0 saturated carbocycles. The second-order valence-electron chi connectivity index (χ2n) is 4.48. The van der Waals surface area contributed by atoms with Crippen molar-refractivity contribution >= 4 is 22.3 Å². The van der Waals surface area contributed by atoms with Crippen LogP contribution in [0.2, 0.25) is 0 Å². The first-order valence-electron chi connectivity index (χ1n) is 6.07. The number of fused-ring (bicyclic) bond motifs is 1. The first-order valence-corrected chi connectivity index (χ1v) is 6.07. The smallest absolute Gasteiger partial charge is 0.357 e. The molecule has 0 amide bonds. The number of hydrogen-bond donors (Lipinski definition) is 1. The van der Waals surface area contributed by atoms with Crippen molar-refractivity contribution in [3.63, 3.8) is 0 Å². The third-order valence-electron chi connectivity index (χ3n) is 3.25. The van der Waals surface area contributed by atoms with Gasteiger partial charge < -0.3 is 14.6 Å². The molecule has 7 nitrogen and oxygen atoms in total. The minimum absolute atomic E-state index is 0.156. The molecular weight excluding hydrogens is 262 g/mol. The molecule has 0 unspecified atom stereocenters. The Kier molecular flexibility index (Phi) is 3.71. The Morgan fingerprint density at radius 3 is 2.65 bits per heavy atom. The SMILES string of the molecule is CN(CCO)c1c([N+](=O)[O-])c(=O)n(C)c2ccccc12. The number of aryl methyl sites for hydroxylation is 1. The van der Waals surface area contributed by atoms with Gasteiger partial charge in [0.1, 0.15) is 5.69 Å². The van der Waals surface area contributed by atoms with Gasteiger partial charge in [0.05, 0.1) is 17.0 Å². The van der Waals surface area contributed by atoms with Gasteiger partial charge in [0.15, 0.2) is 0 Å². The molecule has 0 saturated heterocycles. The molecule has 2 rings (SSSR count). The number of rotatable bonds is 4. The summed E-state index contributed by atoms with van der Waals surface area (Å²) in [6, 6.07) is 6.98. The van der Waals surface area contributed by atoms with E-state index in [0.29, 0.717) is 10.9 Å². The quantitative estimate of drug-likeness (QED) is 0.662. The van der Waals surface area contributed by atoms with Crippen LogP contribution in [-0.2, 0) is 7.05 Å². The lowest BCUT2D eigenvalue weighted by atomic mass is 10.1. The minimum atomic E-state index is -0.669. The van der Waals surface area contributed by atoms with Crippen molar-refractivity contribution in [1.29, 1.82) is 0 Å². The highest BCUT2D eigenvalue weighted by atomic mass is 16.6. The monoisotopic (exact) mass is 277 g/mol. The number of benzene rings is 1. The van der Waals surface area contributed by atoms with E-state index in [1.807, 2.05) is 0 Å². The summed E-state index contributed by atoms with van der Waals surface area (Å²) >= 11 is 0. The van der Waals surface area contributed by atoms with Gasteiger partial charge in [0, 0.05) is 26.0 Å². The van der Waals surface area contributed by atoms with Crippen molar-refractivity contribution in [1.82, 2.24) is 4.57 Å². The van der Waals surface area contributed by atoms with Gasteiger partial charge in [-0.15, -0.1) is 0 Å². The van der Waals surface area contributed by atoms with Crippen LogP contribution in [0.4, 0.5) is 11.4 Å². The number of aliphatic hydroxyl groups excluding tert-OH is 1. The summed E-state index contributed by atoms with van der Waals surface area (Å²) in [6.07, 6.45) is 0. The van der Waals surface area contributed by atoms with Crippen LogP contribution in [0.3, 0.4) is 0 Å². The molecule has 7 heteroatoms. The highest BCUT2D eigenvalue weighted by Gasteiger charge is 2.26. The van der Waals surface area contributed by atoms with E-state index in [1.54, 1.807) is 31.3 Å². The number of anilines is 1. The van der Waals surface area contributed by atoms with Gasteiger partial charge in [-0.1, -0.05) is 18.2 Å². The van der Waals surface area contributed by atoms with E-state index in [1.165, 1.54) is 16.5 Å². The maximum atomic E-state index is 12.2. The summed E-state index contributed by atoms with van der Waals surface area (Å²) in [6.45, 7) is 0.0508. The molecule has 0 bridgehead atoms. The Labute approximate surface area is 114 Å². The maximum Gasteiger partial charge on any atom is 0.357 e. The normalized spacial score (nSPS) is 10.8. The molecule has 0 aliphatic rings. The lowest BCUT2D eigenvalue weighted by molar-refractivity contribution is -0.385. The van der Waals surface area contributed by atoms with E-state index >= 15 is 0 Å². The fourth-order valence-corrected chi connectivity index (χ4v) is 2.28. The summed E-state index contributed by atoms with van der Waals surface area (Å²) in [5.41, 5.74) is -0.277. The van der Waals surface area contributed by atoms with Crippen LogP contribution >= 0.6 is 0 Å². The predicted octanol–water partition coefficient (Wildman–Crippen LogP) is 0.875. The highest BCUT2D eigenvalue weighted by molar-refractivity contribution is 5.96. The number of aliphatic hydroxyl groups is 1. The van der Waals surface area contributed by atoms with Crippen molar-refractivity contribution in [2.45, 2.75) is 0 Å². The van der Waals surface area contributed by atoms with Crippen LogP contribution < -0.4 is 10.5 Å². The molecule has 1 N–H and O–H groups in total. The van der Waals surface area contributed by atoms with Gasteiger partial charge in [0.25, 0.3) is 0 Å². The lowest BCUT2D eigenvalue weighted by Crippen LogP contribution is -2.28. The average molecular weight is 277 g/mol. The van der Waals surface area contributed by atoms with E-state index in [2.05, 4.69) is 0 Å². The molecule has 1 aromatic carbocycles. The number of nitro groups is 1. The van der Waals surface area contributed by atoms with Crippen molar-refractivity contribution in [2.24, 2.45) is 7.05 Å². The third kappa shape index (κ3) is 2.12. The summed E-state index contributed by atoms with van der Waals surface area (Å²) in [5, 5.41) is 20.9. The molecule has 0 aliphatic heterocycles. The number of aromatic nitrogens is 1. The maximum absolute atomic E-state index is 12.2. The van der Waals surface area contributed by atoms with E-state index in [9.17, 15) is 14.9 Å². The predicted molar refractivity (Wildman–Crippen MR) is 76.2 cm³/mol. The van der Waals surface area contributed by atoms with Gasteiger partial charge >= 0.3 is 11.2 Å². The first kappa shape index (κ1) is 14.0. The molecule has 0 atom stereocenters. The zero-order valence-corrected chi connectivity index (χ0v) is 11.2. The van der Waals surface area contributed by atoms with Crippen molar-refractivity contribution in [3.05, 3.63) is 44.7 Å². The number of pyridine rings is 1. The fraction of sp³-hybridized carbons (Fsp3) is 0.308. The Balaban J connectivity index is 2.93. The van der Waals surface area contributed by atoms with Gasteiger partial charge in [-0.25, -0.2) is 0 Å². The number of hydrogen-bond acceptors (Lipinski definition) is 5. The van der Waals surface area contributed by atoms with E-state index in [4.69, 9.17) is 5.11 Å². The molecule has 20 heavy (non-hydrogen) atoms. The van der Waals surface area contributed by atoms with Gasteiger partial charge in [-0.2, -0.15) is 0 Å². The largest absolute Gasteiger partial charge is 0.395 e. The second-order valence-corrected chi connectivity index (χ2v) is 4.48. The van der Waals surface area contributed by atoms with E-state index in [0.717, 1.165) is 0 Å². The number of likely N-dealkylation sites (N-methyl/N-ethyl adjacent to an activating group) is 1. The summed E-state index contributed by atoms with van der Waals surface area (Å²) in [4.78, 5) is 24.3. The van der Waals surface area contributed by atoms with Crippen LogP contribution in [0.25, 0.3) is 10.9 Å². The summed E-state index contributed by atoms with van der Waals surface area (Å²) in [7, 11) is 3.12. The lowest BCUT2D eigenvalue weighted by Gasteiger charge is -2.20. The molecule has 0 fully saturated rings. The van der Waals surface area contributed by atoms with Gasteiger partial charge in [-0.3, -0.25) is 14.9 Å². The van der Waals surface area contributed by atoms with Gasteiger partial charge in [-0.05, 0) is 6.07 Å². The van der Waals surface area contributed by atoms with Crippen LogP contribution in [0.1, 0.15) is 0 Å². The zero-order valence-electron chi connectivity index (χ0n) is 11.2. The summed E-state index contributed by atoms with van der Waals surface area (Å²) in [5.74, 6) is 0. The Bertz CT molecular complexity index is 723. The molecule has 0 radical (unpaired) electrons. The molecule has 2 aromatic rings. The second kappa shape index (κ2) is 5.30. The van der Waals surface area contributed by atoms with Crippen LogP contribution in [0.15, 0.2) is 29.1 Å².